The second kappa shape index (κ2) is 8.59. The molecule has 0 radical (unpaired) electrons. The molecule has 1 atom stereocenters. The summed E-state index contributed by atoms with van der Waals surface area (Å²) in [5.74, 6) is 0.994. The maximum atomic E-state index is 5.41. The highest BCUT2D eigenvalue weighted by Gasteiger charge is 2.20. The lowest BCUT2D eigenvalue weighted by Gasteiger charge is -2.33. The van der Waals surface area contributed by atoms with Crippen LogP contribution in [-0.2, 0) is 0 Å². The summed E-state index contributed by atoms with van der Waals surface area (Å²) in [6.45, 7) is 6.64. The van der Waals surface area contributed by atoms with Crippen LogP contribution in [0.1, 0.15) is 18.5 Å². The average Bonchev–Trinajstić information content (AvgIpc) is 2.39. The highest BCUT2D eigenvalue weighted by Crippen LogP contribution is 2.28. The lowest BCUT2D eigenvalue weighted by Crippen LogP contribution is -2.44. The summed E-state index contributed by atoms with van der Waals surface area (Å²) in [6, 6.07) is 8.72. The first-order valence-electron chi connectivity index (χ1n) is 5.90. The molecule has 0 amide bonds. The fourth-order valence-corrected chi connectivity index (χ4v) is 2.28. The molecule has 1 aliphatic heterocycles. The van der Waals surface area contributed by atoms with Crippen molar-refractivity contribution in [2.45, 2.75) is 13.0 Å². The summed E-state index contributed by atoms with van der Waals surface area (Å²) in [7, 11) is 1.74. The summed E-state index contributed by atoms with van der Waals surface area (Å²) in [6.07, 6.45) is 0. The van der Waals surface area contributed by atoms with Crippen LogP contribution in [0.15, 0.2) is 24.3 Å². The Morgan fingerprint density at radius 2 is 1.78 bits per heavy atom. The van der Waals surface area contributed by atoms with Gasteiger partial charge in [-0.15, -0.1) is 24.8 Å². The van der Waals surface area contributed by atoms with Crippen molar-refractivity contribution in [3.05, 3.63) is 29.8 Å². The molecule has 3 nitrogen and oxygen atoms in total. The summed E-state index contributed by atoms with van der Waals surface area (Å²) in [5, 5.41) is 3.38. The topological polar surface area (TPSA) is 24.5 Å². The smallest absolute Gasteiger partial charge is 0.123 e. The van der Waals surface area contributed by atoms with E-state index in [0.717, 1.165) is 31.9 Å². The molecule has 1 heterocycles. The van der Waals surface area contributed by atoms with Crippen molar-refractivity contribution >= 4 is 24.8 Å². The first-order chi connectivity index (χ1) is 7.83. The summed E-state index contributed by atoms with van der Waals surface area (Å²) in [4.78, 5) is 2.49. The first kappa shape index (κ1) is 17.5. The molecule has 1 saturated heterocycles. The van der Waals surface area contributed by atoms with E-state index in [-0.39, 0.29) is 24.8 Å². The van der Waals surface area contributed by atoms with Gasteiger partial charge in [0.05, 0.1) is 7.11 Å². The monoisotopic (exact) mass is 292 g/mol. The van der Waals surface area contributed by atoms with Crippen LogP contribution in [0.4, 0.5) is 0 Å². The normalized spacial score (nSPS) is 17.2. The van der Waals surface area contributed by atoms with Gasteiger partial charge in [-0.1, -0.05) is 18.2 Å². The molecular weight excluding hydrogens is 271 g/mol. The van der Waals surface area contributed by atoms with Gasteiger partial charge in [-0.25, -0.2) is 0 Å². The number of ether oxygens (including phenoxy) is 1. The molecule has 0 spiro atoms. The van der Waals surface area contributed by atoms with Gasteiger partial charge in [0.15, 0.2) is 0 Å². The van der Waals surface area contributed by atoms with Crippen molar-refractivity contribution in [1.82, 2.24) is 10.2 Å². The summed E-state index contributed by atoms with van der Waals surface area (Å²) in [5.41, 5.74) is 1.28. The van der Waals surface area contributed by atoms with E-state index in [2.05, 4.69) is 29.3 Å². The van der Waals surface area contributed by atoms with E-state index in [9.17, 15) is 0 Å². The number of benzene rings is 1. The quantitative estimate of drug-likeness (QED) is 0.926. The number of halogens is 2. The second-order valence-corrected chi connectivity index (χ2v) is 4.20. The van der Waals surface area contributed by atoms with Crippen molar-refractivity contribution in [2.24, 2.45) is 0 Å². The minimum Gasteiger partial charge on any atom is -0.496 e. The Balaban J connectivity index is 0.00000144. The third-order valence-corrected chi connectivity index (χ3v) is 3.29. The summed E-state index contributed by atoms with van der Waals surface area (Å²) < 4.78 is 5.41. The number of methoxy groups -OCH3 is 1. The minimum atomic E-state index is 0. The Morgan fingerprint density at radius 3 is 2.39 bits per heavy atom. The molecule has 1 N–H and O–H groups in total. The SMILES string of the molecule is COc1ccccc1C(C)N1CCNCC1.Cl.Cl. The lowest BCUT2D eigenvalue weighted by atomic mass is 10.1. The van der Waals surface area contributed by atoms with Gasteiger partial charge in [0.2, 0.25) is 0 Å². The lowest BCUT2D eigenvalue weighted by molar-refractivity contribution is 0.182. The van der Waals surface area contributed by atoms with E-state index >= 15 is 0 Å². The highest BCUT2D eigenvalue weighted by atomic mass is 35.5. The van der Waals surface area contributed by atoms with Gasteiger partial charge in [-0.2, -0.15) is 0 Å². The summed E-state index contributed by atoms with van der Waals surface area (Å²) >= 11 is 0. The number of nitrogens with zero attached hydrogens (tertiary/aromatic N) is 1. The molecule has 1 fully saturated rings. The van der Waals surface area contributed by atoms with E-state index in [0.29, 0.717) is 6.04 Å². The van der Waals surface area contributed by atoms with Gasteiger partial charge in [-0.05, 0) is 13.0 Å². The Hall–Kier alpha value is -0.480. The predicted molar refractivity (Wildman–Crippen MR) is 80.3 cm³/mol. The van der Waals surface area contributed by atoms with Crippen molar-refractivity contribution in [3.63, 3.8) is 0 Å². The molecule has 104 valence electrons. The molecule has 0 aliphatic carbocycles. The molecule has 1 aliphatic rings. The molecule has 0 bridgehead atoms. The molecule has 1 aromatic rings. The first-order valence-corrected chi connectivity index (χ1v) is 5.90. The van der Waals surface area contributed by atoms with Gasteiger partial charge in [0.1, 0.15) is 5.75 Å². The van der Waals surface area contributed by atoms with Gasteiger partial charge < -0.3 is 10.1 Å². The van der Waals surface area contributed by atoms with Crippen molar-refractivity contribution in [2.75, 3.05) is 33.3 Å². The zero-order valence-electron chi connectivity index (χ0n) is 10.9. The van der Waals surface area contributed by atoms with Crippen molar-refractivity contribution in [3.8, 4) is 5.75 Å². The van der Waals surface area contributed by atoms with Crippen LogP contribution in [0.5, 0.6) is 5.75 Å². The van der Waals surface area contributed by atoms with E-state index in [1.807, 2.05) is 12.1 Å². The Kier molecular flexibility index (Phi) is 8.36. The van der Waals surface area contributed by atoms with E-state index in [1.54, 1.807) is 7.11 Å². The van der Waals surface area contributed by atoms with Crippen LogP contribution in [0, 0.1) is 0 Å². The zero-order chi connectivity index (χ0) is 11.4. The van der Waals surface area contributed by atoms with Gasteiger partial charge in [0, 0.05) is 37.8 Å². The predicted octanol–water partition coefficient (Wildman–Crippen LogP) is 2.51. The molecule has 1 aromatic carbocycles. The fraction of sp³-hybridized carbons (Fsp3) is 0.538. The Labute approximate surface area is 122 Å². The van der Waals surface area contributed by atoms with Crippen molar-refractivity contribution < 1.29 is 4.74 Å². The standard InChI is InChI=1S/C13H20N2O.2ClH/c1-11(15-9-7-14-8-10-15)12-5-3-4-6-13(12)16-2;;/h3-6,11,14H,7-10H2,1-2H3;2*1H. The van der Waals surface area contributed by atoms with Gasteiger partial charge in [0.25, 0.3) is 0 Å². The molecule has 18 heavy (non-hydrogen) atoms. The van der Waals surface area contributed by atoms with Crippen LogP contribution in [0.3, 0.4) is 0 Å². The largest absolute Gasteiger partial charge is 0.496 e. The fourth-order valence-electron chi connectivity index (χ4n) is 2.28. The van der Waals surface area contributed by atoms with Crippen LogP contribution in [0.25, 0.3) is 0 Å². The Morgan fingerprint density at radius 1 is 1.17 bits per heavy atom. The molecule has 2 rings (SSSR count). The van der Waals surface area contributed by atoms with Crippen LogP contribution in [0.2, 0.25) is 0 Å². The number of para-hydroxylation sites is 1. The molecule has 0 aromatic heterocycles. The van der Waals surface area contributed by atoms with Crippen molar-refractivity contribution in [1.29, 1.82) is 0 Å². The number of hydrogen-bond acceptors (Lipinski definition) is 3. The Bertz CT molecular complexity index is 344. The third-order valence-electron chi connectivity index (χ3n) is 3.29. The van der Waals surface area contributed by atoms with E-state index in [4.69, 9.17) is 4.74 Å². The van der Waals surface area contributed by atoms with Crippen LogP contribution < -0.4 is 10.1 Å². The maximum absolute atomic E-state index is 5.41. The van der Waals surface area contributed by atoms with Gasteiger partial charge in [-0.3, -0.25) is 4.90 Å². The highest BCUT2D eigenvalue weighted by molar-refractivity contribution is 5.85. The molecule has 0 saturated carbocycles. The number of hydrogen-bond donors (Lipinski definition) is 1. The number of nitrogens with one attached hydrogen (secondary N) is 1. The van der Waals surface area contributed by atoms with E-state index in [1.165, 1.54) is 5.56 Å². The molecular formula is C13H22Cl2N2O. The zero-order valence-corrected chi connectivity index (χ0v) is 12.5. The average molecular weight is 293 g/mol. The molecule has 1 unspecified atom stereocenters. The second-order valence-electron chi connectivity index (χ2n) is 4.20. The van der Waals surface area contributed by atoms with Crippen LogP contribution in [-0.4, -0.2) is 38.2 Å². The third kappa shape index (κ3) is 4.02. The van der Waals surface area contributed by atoms with E-state index < -0.39 is 0 Å². The molecule has 5 heteroatoms. The van der Waals surface area contributed by atoms with Crippen LogP contribution >= 0.6 is 24.8 Å². The minimum absolute atomic E-state index is 0. The maximum Gasteiger partial charge on any atom is 0.123 e. The number of rotatable bonds is 3. The number of piperazine rings is 1. The van der Waals surface area contributed by atoms with Gasteiger partial charge >= 0.3 is 0 Å².